The maximum absolute atomic E-state index is 6.61. The number of nitrogens with zero attached hydrogens (tertiary/aromatic N) is 1. The number of hydrogen-bond donors (Lipinski definition) is 1. The lowest BCUT2D eigenvalue weighted by molar-refractivity contribution is 0.352. The van der Waals surface area contributed by atoms with Gasteiger partial charge in [-0.25, -0.2) is 0 Å². The highest BCUT2D eigenvalue weighted by Gasteiger charge is 2.29. The Kier molecular flexibility index (Phi) is 4.76. The van der Waals surface area contributed by atoms with Crippen molar-refractivity contribution >= 4 is 0 Å². The first kappa shape index (κ1) is 13.5. The number of hydrogen-bond acceptors (Lipinski definition) is 2. The van der Waals surface area contributed by atoms with Gasteiger partial charge in [0.15, 0.2) is 0 Å². The minimum absolute atomic E-state index is 0.0170. The third-order valence-corrected chi connectivity index (χ3v) is 4.29. The molecule has 2 N–H and O–H groups in total. The Morgan fingerprint density at radius 2 is 2.22 bits per heavy atom. The highest BCUT2D eigenvalue weighted by molar-refractivity contribution is 5.08. The van der Waals surface area contributed by atoms with Crippen molar-refractivity contribution in [2.45, 2.75) is 63.8 Å². The monoisotopic (exact) mass is 246 g/mol. The van der Waals surface area contributed by atoms with E-state index in [4.69, 9.17) is 5.73 Å². The lowest BCUT2D eigenvalue weighted by Gasteiger charge is -2.28. The van der Waals surface area contributed by atoms with E-state index in [0.29, 0.717) is 0 Å². The lowest BCUT2D eigenvalue weighted by Crippen LogP contribution is -2.41. The van der Waals surface area contributed by atoms with Crippen LogP contribution in [0.3, 0.4) is 0 Å². The quantitative estimate of drug-likeness (QED) is 0.823. The summed E-state index contributed by atoms with van der Waals surface area (Å²) in [4.78, 5) is 4.42. The topological polar surface area (TPSA) is 38.9 Å². The van der Waals surface area contributed by atoms with E-state index in [-0.39, 0.29) is 5.54 Å². The predicted molar refractivity (Wildman–Crippen MR) is 76.3 cm³/mol. The van der Waals surface area contributed by atoms with Gasteiger partial charge in [-0.15, -0.1) is 0 Å². The predicted octanol–water partition coefficient (Wildman–Crippen LogP) is 3.70. The van der Waals surface area contributed by atoms with Gasteiger partial charge in [0.1, 0.15) is 0 Å². The van der Waals surface area contributed by atoms with Crippen LogP contribution in [-0.2, 0) is 6.42 Å². The zero-order valence-corrected chi connectivity index (χ0v) is 11.6. The minimum Gasteiger partial charge on any atom is -0.325 e. The molecule has 0 amide bonds. The summed E-state index contributed by atoms with van der Waals surface area (Å²) in [5.74, 6) is 0.907. The van der Waals surface area contributed by atoms with E-state index < -0.39 is 0 Å². The summed E-state index contributed by atoms with van der Waals surface area (Å²) in [6.07, 6.45) is 11.8. The normalized spacial score (nSPS) is 28.9. The summed E-state index contributed by atoms with van der Waals surface area (Å²) in [7, 11) is 0. The van der Waals surface area contributed by atoms with Crippen molar-refractivity contribution in [3.63, 3.8) is 0 Å². The largest absolute Gasteiger partial charge is 0.325 e. The molecule has 18 heavy (non-hydrogen) atoms. The Balaban J connectivity index is 1.95. The van der Waals surface area contributed by atoms with Crippen LogP contribution >= 0.6 is 0 Å². The van der Waals surface area contributed by atoms with Gasteiger partial charge >= 0.3 is 0 Å². The zero-order chi connectivity index (χ0) is 12.8. The van der Waals surface area contributed by atoms with Crippen molar-refractivity contribution in [2.24, 2.45) is 11.7 Å². The molecule has 2 atom stereocenters. The Labute approximate surface area is 111 Å². The molecule has 0 aliphatic heterocycles. The fraction of sp³-hybridized carbons (Fsp3) is 0.688. The molecule has 1 saturated carbocycles. The first-order chi connectivity index (χ1) is 8.72. The highest BCUT2D eigenvalue weighted by atomic mass is 14.8. The zero-order valence-electron chi connectivity index (χ0n) is 11.6. The molecule has 0 spiro atoms. The summed E-state index contributed by atoms with van der Waals surface area (Å²) in [5, 5.41) is 0. The van der Waals surface area contributed by atoms with Gasteiger partial charge in [-0.1, -0.05) is 38.7 Å². The second-order valence-corrected chi connectivity index (χ2v) is 5.95. The molecular weight excluding hydrogens is 220 g/mol. The van der Waals surface area contributed by atoms with Gasteiger partial charge in [0.2, 0.25) is 0 Å². The highest BCUT2D eigenvalue weighted by Crippen LogP contribution is 2.32. The van der Waals surface area contributed by atoms with Crippen LogP contribution in [0.5, 0.6) is 0 Å². The summed E-state index contributed by atoms with van der Waals surface area (Å²) >= 11 is 0. The SMILES string of the molecule is CCCC1CCCC(N)(Cc2ccccn2)CC1. The Hall–Kier alpha value is -0.890. The molecule has 2 nitrogen and oxygen atoms in total. The Morgan fingerprint density at radius 1 is 1.33 bits per heavy atom. The van der Waals surface area contributed by atoms with Crippen molar-refractivity contribution < 1.29 is 0 Å². The average molecular weight is 246 g/mol. The van der Waals surface area contributed by atoms with Crippen molar-refractivity contribution in [2.75, 3.05) is 0 Å². The van der Waals surface area contributed by atoms with Crippen molar-refractivity contribution in [1.82, 2.24) is 4.98 Å². The fourth-order valence-electron chi connectivity index (χ4n) is 3.24. The average Bonchev–Trinajstić information content (AvgIpc) is 2.54. The molecule has 0 aromatic carbocycles. The van der Waals surface area contributed by atoms with Crippen LogP contribution in [0.1, 0.15) is 57.6 Å². The second-order valence-electron chi connectivity index (χ2n) is 5.95. The van der Waals surface area contributed by atoms with Gasteiger partial charge in [0, 0.05) is 23.9 Å². The first-order valence-electron chi connectivity index (χ1n) is 7.41. The lowest BCUT2D eigenvalue weighted by atomic mass is 9.86. The van der Waals surface area contributed by atoms with E-state index in [2.05, 4.69) is 24.0 Å². The van der Waals surface area contributed by atoms with Crippen molar-refractivity contribution in [1.29, 1.82) is 0 Å². The van der Waals surface area contributed by atoms with E-state index in [1.165, 1.54) is 32.1 Å². The molecule has 2 heteroatoms. The molecule has 2 unspecified atom stereocenters. The smallest absolute Gasteiger partial charge is 0.0421 e. The Morgan fingerprint density at radius 3 is 2.94 bits per heavy atom. The molecule has 1 fully saturated rings. The van der Waals surface area contributed by atoms with Crippen molar-refractivity contribution in [3.8, 4) is 0 Å². The fourth-order valence-corrected chi connectivity index (χ4v) is 3.24. The standard InChI is InChI=1S/C16H26N2/c1-2-6-14-7-5-10-16(17,11-9-14)13-15-8-3-4-12-18-15/h3-4,8,12,14H,2,5-7,9-11,13,17H2,1H3. The molecule has 0 radical (unpaired) electrons. The third kappa shape index (κ3) is 3.81. The molecule has 1 aromatic heterocycles. The molecule has 0 saturated heterocycles. The van der Waals surface area contributed by atoms with E-state index >= 15 is 0 Å². The van der Waals surface area contributed by atoms with Gasteiger partial charge in [0.25, 0.3) is 0 Å². The third-order valence-electron chi connectivity index (χ3n) is 4.29. The van der Waals surface area contributed by atoms with Gasteiger partial charge in [-0.3, -0.25) is 4.98 Å². The van der Waals surface area contributed by atoms with Gasteiger partial charge < -0.3 is 5.73 Å². The molecule has 2 rings (SSSR count). The molecule has 1 aromatic rings. The van der Waals surface area contributed by atoms with E-state index in [1.807, 2.05) is 12.3 Å². The maximum atomic E-state index is 6.61. The van der Waals surface area contributed by atoms with Crippen LogP contribution in [0.4, 0.5) is 0 Å². The summed E-state index contributed by atoms with van der Waals surface area (Å²) in [5.41, 5.74) is 7.74. The second kappa shape index (κ2) is 6.33. The van der Waals surface area contributed by atoms with Gasteiger partial charge in [-0.05, 0) is 37.3 Å². The van der Waals surface area contributed by atoms with E-state index in [9.17, 15) is 0 Å². The molecule has 1 heterocycles. The Bertz CT molecular complexity index is 349. The van der Waals surface area contributed by atoms with Crippen LogP contribution in [0.2, 0.25) is 0 Å². The van der Waals surface area contributed by atoms with E-state index in [0.717, 1.165) is 30.9 Å². The molecule has 1 aliphatic carbocycles. The van der Waals surface area contributed by atoms with E-state index in [1.54, 1.807) is 0 Å². The summed E-state index contributed by atoms with van der Waals surface area (Å²) < 4.78 is 0. The summed E-state index contributed by atoms with van der Waals surface area (Å²) in [6, 6.07) is 6.13. The molecular formula is C16H26N2. The van der Waals surface area contributed by atoms with Gasteiger partial charge in [-0.2, -0.15) is 0 Å². The molecule has 1 aliphatic rings. The summed E-state index contributed by atoms with van der Waals surface area (Å²) in [6.45, 7) is 2.29. The molecule has 100 valence electrons. The number of aromatic nitrogens is 1. The minimum atomic E-state index is -0.0170. The van der Waals surface area contributed by atoms with Crippen molar-refractivity contribution in [3.05, 3.63) is 30.1 Å². The van der Waals surface area contributed by atoms with Crippen LogP contribution in [0.15, 0.2) is 24.4 Å². The van der Waals surface area contributed by atoms with Crippen LogP contribution in [0.25, 0.3) is 0 Å². The first-order valence-corrected chi connectivity index (χ1v) is 7.41. The number of nitrogens with two attached hydrogens (primary N) is 1. The number of rotatable bonds is 4. The molecule has 0 bridgehead atoms. The number of pyridine rings is 1. The van der Waals surface area contributed by atoms with Crippen LogP contribution < -0.4 is 5.73 Å². The van der Waals surface area contributed by atoms with Gasteiger partial charge in [0.05, 0.1) is 0 Å². The maximum Gasteiger partial charge on any atom is 0.0421 e. The van der Waals surface area contributed by atoms with Crippen LogP contribution in [-0.4, -0.2) is 10.5 Å². The van der Waals surface area contributed by atoms with Crippen LogP contribution in [0, 0.1) is 5.92 Å².